The first kappa shape index (κ1) is 21.0. The second kappa shape index (κ2) is 9.06. The van der Waals surface area contributed by atoms with Gasteiger partial charge in [-0.25, -0.2) is 4.79 Å². The zero-order valence-electron chi connectivity index (χ0n) is 15.4. The standard InChI is InChI=1S/C20H24F3NO3/c1-13-4-3-5-17(14(13)2)24-18(25)12-27-19(26)11-8-15-6-9-16(10-7-15)20(21,22)23/h6-11,13-14,17H,3-5,12H2,1-2H3,(H,24,25)/b11-8+/t13-,14-,17+/m1/s1. The molecule has 2 rings (SSSR count). The van der Waals surface area contributed by atoms with Crippen molar-refractivity contribution in [1.82, 2.24) is 5.32 Å². The van der Waals surface area contributed by atoms with E-state index < -0.39 is 17.7 Å². The summed E-state index contributed by atoms with van der Waals surface area (Å²) in [6, 6.07) is 4.47. The number of carbonyl (C=O) groups is 2. The van der Waals surface area contributed by atoms with Crippen molar-refractivity contribution in [2.45, 2.75) is 45.3 Å². The molecule has 3 atom stereocenters. The van der Waals surface area contributed by atoms with Crippen LogP contribution in [0.3, 0.4) is 0 Å². The van der Waals surface area contributed by atoms with Crippen LogP contribution in [0.2, 0.25) is 0 Å². The third kappa shape index (κ3) is 6.41. The first-order chi connectivity index (χ1) is 12.7. The van der Waals surface area contributed by atoms with Gasteiger partial charge in [0.2, 0.25) is 0 Å². The van der Waals surface area contributed by atoms with E-state index >= 15 is 0 Å². The third-order valence-corrected chi connectivity index (χ3v) is 5.05. The molecule has 1 aliphatic carbocycles. The Balaban J connectivity index is 1.78. The van der Waals surface area contributed by atoms with E-state index in [0.717, 1.165) is 37.5 Å². The molecule has 148 valence electrons. The van der Waals surface area contributed by atoms with Gasteiger partial charge in [-0.1, -0.05) is 38.8 Å². The van der Waals surface area contributed by atoms with Gasteiger partial charge in [-0.05, 0) is 42.0 Å². The van der Waals surface area contributed by atoms with Crippen LogP contribution >= 0.6 is 0 Å². The predicted molar refractivity (Wildman–Crippen MR) is 95.5 cm³/mol. The number of hydrogen-bond donors (Lipinski definition) is 1. The van der Waals surface area contributed by atoms with Crippen molar-refractivity contribution >= 4 is 18.0 Å². The normalized spacial score (nSPS) is 23.2. The topological polar surface area (TPSA) is 55.4 Å². The van der Waals surface area contributed by atoms with E-state index in [9.17, 15) is 22.8 Å². The van der Waals surface area contributed by atoms with Crippen LogP contribution in [0.4, 0.5) is 13.2 Å². The Bertz CT molecular complexity index is 683. The highest BCUT2D eigenvalue weighted by molar-refractivity contribution is 5.89. The lowest BCUT2D eigenvalue weighted by atomic mass is 9.78. The molecule has 1 aliphatic rings. The van der Waals surface area contributed by atoms with E-state index in [1.165, 1.54) is 18.2 Å². The average Bonchev–Trinajstić information content (AvgIpc) is 2.61. The van der Waals surface area contributed by atoms with Crippen LogP contribution in [-0.2, 0) is 20.5 Å². The molecular formula is C20H24F3NO3. The molecule has 0 unspecified atom stereocenters. The van der Waals surface area contributed by atoms with Gasteiger partial charge in [0.05, 0.1) is 5.56 Å². The summed E-state index contributed by atoms with van der Waals surface area (Å²) in [6.07, 6.45) is 1.15. The summed E-state index contributed by atoms with van der Waals surface area (Å²) < 4.78 is 42.4. The van der Waals surface area contributed by atoms with Gasteiger partial charge in [-0.15, -0.1) is 0 Å². The summed E-state index contributed by atoms with van der Waals surface area (Å²) in [6.45, 7) is 3.89. The van der Waals surface area contributed by atoms with Gasteiger partial charge >= 0.3 is 12.1 Å². The van der Waals surface area contributed by atoms with E-state index in [1.54, 1.807) is 0 Å². The molecule has 4 nitrogen and oxygen atoms in total. The molecule has 1 N–H and O–H groups in total. The van der Waals surface area contributed by atoms with Gasteiger partial charge in [-0.3, -0.25) is 4.79 Å². The lowest BCUT2D eigenvalue weighted by Gasteiger charge is -2.34. The molecule has 0 radical (unpaired) electrons. The van der Waals surface area contributed by atoms with Crippen molar-refractivity contribution in [2.75, 3.05) is 6.61 Å². The second-order valence-electron chi connectivity index (χ2n) is 7.00. The Kier molecular flexibility index (Phi) is 7.05. The molecule has 1 aromatic carbocycles. The maximum atomic E-state index is 12.5. The van der Waals surface area contributed by atoms with Crippen LogP contribution in [0.15, 0.2) is 30.3 Å². The number of benzene rings is 1. The van der Waals surface area contributed by atoms with Crippen LogP contribution in [0.1, 0.15) is 44.2 Å². The number of halogens is 3. The van der Waals surface area contributed by atoms with Crippen LogP contribution < -0.4 is 5.32 Å². The summed E-state index contributed by atoms with van der Waals surface area (Å²) in [4.78, 5) is 23.6. The molecule has 1 saturated carbocycles. The van der Waals surface area contributed by atoms with Crippen LogP contribution in [-0.4, -0.2) is 24.5 Å². The average molecular weight is 383 g/mol. The molecule has 7 heteroatoms. The molecule has 0 spiro atoms. The Morgan fingerprint density at radius 3 is 2.48 bits per heavy atom. The molecule has 1 amide bonds. The Morgan fingerprint density at radius 2 is 1.85 bits per heavy atom. The summed E-state index contributed by atoms with van der Waals surface area (Å²) in [5.74, 6) is -0.163. The van der Waals surface area contributed by atoms with Gasteiger partial charge in [0, 0.05) is 12.1 Å². The fourth-order valence-electron chi connectivity index (χ4n) is 3.17. The minimum atomic E-state index is -4.40. The Morgan fingerprint density at radius 1 is 1.19 bits per heavy atom. The van der Waals surface area contributed by atoms with E-state index in [-0.39, 0.29) is 18.6 Å². The molecular weight excluding hydrogens is 359 g/mol. The number of amides is 1. The highest BCUT2D eigenvalue weighted by Crippen LogP contribution is 2.30. The largest absolute Gasteiger partial charge is 0.452 e. The molecule has 0 saturated heterocycles. The molecule has 1 aromatic rings. The lowest BCUT2D eigenvalue weighted by Crippen LogP contribution is -2.45. The van der Waals surface area contributed by atoms with Crippen molar-refractivity contribution in [3.05, 3.63) is 41.5 Å². The highest BCUT2D eigenvalue weighted by Gasteiger charge is 2.30. The number of nitrogens with one attached hydrogen (secondary N) is 1. The molecule has 0 aliphatic heterocycles. The fraction of sp³-hybridized carbons (Fsp3) is 0.500. The molecule has 1 fully saturated rings. The minimum Gasteiger partial charge on any atom is -0.452 e. The Hall–Kier alpha value is -2.31. The smallest absolute Gasteiger partial charge is 0.416 e. The van der Waals surface area contributed by atoms with Crippen LogP contribution in [0.5, 0.6) is 0 Å². The van der Waals surface area contributed by atoms with Crippen molar-refractivity contribution < 1.29 is 27.5 Å². The van der Waals surface area contributed by atoms with Gasteiger partial charge in [0.25, 0.3) is 5.91 Å². The first-order valence-electron chi connectivity index (χ1n) is 8.98. The lowest BCUT2D eigenvalue weighted by molar-refractivity contribution is -0.144. The SMILES string of the molecule is C[C@@H]1[C@H](C)CCC[C@@H]1NC(=O)COC(=O)/C=C/c1ccc(C(F)(F)F)cc1. The van der Waals surface area contributed by atoms with Crippen molar-refractivity contribution in [3.8, 4) is 0 Å². The van der Waals surface area contributed by atoms with Crippen molar-refractivity contribution in [2.24, 2.45) is 11.8 Å². The van der Waals surface area contributed by atoms with E-state index in [1.807, 2.05) is 0 Å². The number of alkyl halides is 3. The monoisotopic (exact) mass is 383 g/mol. The first-order valence-corrected chi connectivity index (χ1v) is 8.98. The molecule has 27 heavy (non-hydrogen) atoms. The predicted octanol–water partition coefficient (Wildman–Crippen LogP) is 4.20. The maximum absolute atomic E-state index is 12.5. The zero-order valence-corrected chi connectivity index (χ0v) is 15.4. The third-order valence-electron chi connectivity index (χ3n) is 5.05. The number of rotatable bonds is 5. The minimum absolute atomic E-state index is 0.0858. The number of carbonyl (C=O) groups excluding carboxylic acids is 2. The number of esters is 1. The van der Waals surface area contributed by atoms with Gasteiger partial charge < -0.3 is 10.1 Å². The van der Waals surface area contributed by atoms with Crippen molar-refractivity contribution in [1.29, 1.82) is 0 Å². The van der Waals surface area contributed by atoms with Gasteiger partial charge in [-0.2, -0.15) is 13.2 Å². The second-order valence-corrected chi connectivity index (χ2v) is 7.00. The number of ether oxygens (including phenoxy) is 1. The van der Waals surface area contributed by atoms with E-state index in [4.69, 9.17) is 4.74 Å². The number of hydrogen-bond acceptors (Lipinski definition) is 3. The molecule has 0 bridgehead atoms. The van der Waals surface area contributed by atoms with Crippen molar-refractivity contribution in [3.63, 3.8) is 0 Å². The van der Waals surface area contributed by atoms with Gasteiger partial charge in [0.15, 0.2) is 6.61 Å². The highest BCUT2D eigenvalue weighted by atomic mass is 19.4. The molecule has 0 aromatic heterocycles. The van der Waals surface area contributed by atoms with Crippen LogP contribution in [0, 0.1) is 11.8 Å². The van der Waals surface area contributed by atoms with E-state index in [0.29, 0.717) is 17.4 Å². The molecule has 0 heterocycles. The van der Waals surface area contributed by atoms with Crippen LogP contribution in [0.25, 0.3) is 6.08 Å². The van der Waals surface area contributed by atoms with E-state index in [2.05, 4.69) is 19.2 Å². The fourth-order valence-corrected chi connectivity index (χ4v) is 3.17. The zero-order chi connectivity index (χ0) is 20.0. The summed E-state index contributed by atoms with van der Waals surface area (Å²) in [7, 11) is 0. The summed E-state index contributed by atoms with van der Waals surface area (Å²) in [5, 5.41) is 2.90. The van der Waals surface area contributed by atoms with Gasteiger partial charge in [0.1, 0.15) is 0 Å². The quantitative estimate of drug-likeness (QED) is 0.612. The Labute approximate surface area is 156 Å². The maximum Gasteiger partial charge on any atom is 0.416 e. The summed E-state index contributed by atoms with van der Waals surface area (Å²) >= 11 is 0. The summed E-state index contributed by atoms with van der Waals surface area (Å²) in [5.41, 5.74) is -0.334.